The van der Waals surface area contributed by atoms with E-state index >= 15 is 0 Å². The second-order valence-corrected chi connectivity index (χ2v) is 9.82. The van der Waals surface area contributed by atoms with Crippen molar-refractivity contribution in [3.05, 3.63) is 76.8 Å². The molecule has 1 fully saturated rings. The minimum absolute atomic E-state index is 0.0831. The van der Waals surface area contributed by atoms with Crippen molar-refractivity contribution in [2.45, 2.75) is 37.6 Å². The number of nitrogens with zero attached hydrogens (tertiary/aromatic N) is 2. The van der Waals surface area contributed by atoms with E-state index in [0.717, 1.165) is 48.0 Å². The smallest absolute Gasteiger partial charge is 0.223 e. The molecular weight excluding hydrogens is 432 g/mol. The number of carbonyl (C=O) groups is 1. The largest absolute Gasteiger partial charge is 0.497 e. The fraction of sp³-hybridized carbons (Fsp3) is 0.393. The molecule has 4 nitrogen and oxygen atoms in total. The first-order chi connectivity index (χ1) is 15.8. The van der Waals surface area contributed by atoms with Gasteiger partial charge in [0.25, 0.3) is 0 Å². The highest BCUT2D eigenvalue weighted by atomic mass is 35.5. The summed E-state index contributed by atoms with van der Waals surface area (Å²) in [4.78, 5) is 17.9. The SMILES string of the molecule is COc1ccc(C2(CC(=O)N(C)C(C)c3cc(Cl)cc4ccccc34)CCN(C)CC2)cc1. The minimum atomic E-state index is -0.166. The summed E-state index contributed by atoms with van der Waals surface area (Å²) in [5.41, 5.74) is 2.13. The van der Waals surface area contributed by atoms with E-state index in [2.05, 4.69) is 43.1 Å². The van der Waals surface area contributed by atoms with Crippen LogP contribution in [0.4, 0.5) is 0 Å². The van der Waals surface area contributed by atoms with E-state index in [0.29, 0.717) is 11.4 Å². The highest BCUT2D eigenvalue weighted by Gasteiger charge is 2.38. The highest BCUT2D eigenvalue weighted by Crippen LogP contribution is 2.40. The normalized spacial score (nSPS) is 17.0. The van der Waals surface area contributed by atoms with Crippen molar-refractivity contribution in [2.75, 3.05) is 34.3 Å². The molecule has 1 amide bonds. The van der Waals surface area contributed by atoms with Crippen molar-refractivity contribution < 1.29 is 9.53 Å². The fourth-order valence-electron chi connectivity index (χ4n) is 5.05. The number of fused-ring (bicyclic) bond motifs is 1. The molecule has 0 saturated carbocycles. The van der Waals surface area contributed by atoms with Gasteiger partial charge in [0, 0.05) is 23.9 Å². The highest BCUT2D eigenvalue weighted by molar-refractivity contribution is 6.31. The van der Waals surface area contributed by atoms with Gasteiger partial charge in [0.15, 0.2) is 0 Å². The predicted octanol–water partition coefficient (Wildman–Crippen LogP) is 6.07. The topological polar surface area (TPSA) is 32.8 Å². The lowest BCUT2D eigenvalue weighted by Crippen LogP contribution is -2.44. The number of halogens is 1. The molecule has 3 aromatic carbocycles. The quantitative estimate of drug-likeness (QED) is 0.443. The number of carbonyl (C=O) groups excluding carboxylic acids is 1. The molecule has 1 atom stereocenters. The molecule has 0 N–H and O–H groups in total. The van der Waals surface area contributed by atoms with Gasteiger partial charge in [-0.05, 0) is 86.1 Å². The number of likely N-dealkylation sites (tertiary alicyclic amines) is 1. The minimum Gasteiger partial charge on any atom is -0.497 e. The third-order valence-corrected chi connectivity index (χ3v) is 7.64. The van der Waals surface area contributed by atoms with Gasteiger partial charge >= 0.3 is 0 Å². The summed E-state index contributed by atoms with van der Waals surface area (Å²) in [5.74, 6) is 0.999. The van der Waals surface area contributed by atoms with Crippen LogP contribution in [-0.2, 0) is 10.2 Å². The zero-order chi connectivity index (χ0) is 23.6. The van der Waals surface area contributed by atoms with Crippen molar-refractivity contribution >= 4 is 28.3 Å². The number of benzene rings is 3. The maximum absolute atomic E-state index is 13.7. The Kier molecular flexibility index (Phi) is 6.96. The predicted molar refractivity (Wildman–Crippen MR) is 136 cm³/mol. The Morgan fingerprint density at radius 3 is 2.45 bits per heavy atom. The van der Waals surface area contributed by atoms with Crippen molar-refractivity contribution in [3.63, 3.8) is 0 Å². The van der Waals surface area contributed by atoms with Crippen molar-refractivity contribution in [3.8, 4) is 5.75 Å². The van der Waals surface area contributed by atoms with E-state index < -0.39 is 0 Å². The second kappa shape index (κ2) is 9.74. The van der Waals surface area contributed by atoms with Crippen LogP contribution in [0.25, 0.3) is 10.8 Å². The van der Waals surface area contributed by atoms with Gasteiger partial charge < -0.3 is 14.5 Å². The van der Waals surface area contributed by atoms with E-state index in [4.69, 9.17) is 16.3 Å². The molecule has 3 aromatic rings. The van der Waals surface area contributed by atoms with Crippen molar-refractivity contribution in [1.82, 2.24) is 9.80 Å². The summed E-state index contributed by atoms with van der Waals surface area (Å²) < 4.78 is 5.36. The molecule has 0 radical (unpaired) electrons. The number of piperidine rings is 1. The van der Waals surface area contributed by atoms with Crippen LogP contribution in [0.3, 0.4) is 0 Å². The summed E-state index contributed by atoms with van der Waals surface area (Å²) >= 11 is 6.43. The Morgan fingerprint density at radius 1 is 1.12 bits per heavy atom. The van der Waals surface area contributed by atoms with Crippen molar-refractivity contribution in [2.24, 2.45) is 0 Å². The fourth-order valence-corrected chi connectivity index (χ4v) is 5.28. The number of rotatable bonds is 6. The van der Waals surface area contributed by atoms with Gasteiger partial charge in [-0.3, -0.25) is 4.79 Å². The number of methoxy groups -OCH3 is 1. The summed E-state index contributed by atoms with van der Waals surface area (Å²) in [7, 11) is 5.75. The molecule has 1 unspecified atom stereocenters. The average molecular weight is 465 g/mol. The molecule has 4 rings (SSSR count). The first kappa shape index (κ1) is 23.6. The van der Waals surface area contributed by atoms with Crippen LogP contribution in [0.2, 0.25) is 5.02 Å². The third-order valence-electron chi connectivity index (χ3n) is 7.42. The van der Waals surface area contributed by atoms with E-state index in [1.54, 1.807) is 7.11 Å². The molecule has 0 aliphatic carbocycles. The second-order valence-electron chi connectivity index (χ2n) is 9.39. The molecular formula is C28H33ClN2O2. The van der Waals surface area contributed by atoms with Crippen molar-refractivity contribution in [1.29, 1.82) is 0 Å². The molecule has 0 spiro atoms. The molecule has 33 heavy (non-hydrogen) atoms. The van der Waals surface area contributed by atoms with E-state index in [9.17, 15) is 4.79 Å². The number of ether oxygens (including phenoxy) is 1. The summed E-state index contributed by atoms with van der Waals surface area (Å²) in [5, 5.41) is 2.93. The Balaban J connectivity index is 1.61. The maximum Gasteiger partial charge on any atom is 0.223 e. The molecule has 1 heterocycles. The molecule has 0 bridgehead atoms. The summed E-state index contributed by atoms with van der Waals surface area (Å²) in [6.45, 7) is 4.06. The van der Waals surface area contributed by atoms with Gasteiger partial charge in [0.1, 0.15) is 5.75 Å². The van der Waals surface area contributed by atoms with Crippen LogP contribution in [-0.4, -0.2) is 50.0 Å². The number of amides is 1. The van der Waals surface area contributed by atoms with Gasteiger partial charge in [-0.15, -0.1) is 0 Å². The molecule has 5 heteroatoms. The summed E-state index contributed by atoms with van der Waals surface area (Å²) in [6, 6.07) is 20.4. The maximum atomic E-state index is 13.7. The van der Waals surface area contributed by atoms with Gasteiger partial charge in [0.05, 0.1) is 13.2 Å². The number of hydrogen-bond donors (Lipinski definition) is 0. The Bertz CT molecular complexity index is 1120. The van der Waals surface area contributed by atoms with Gasteiger partial charge in [-0.2, -0.15) is 0 Å². The average Bonchev–Trinajstić information content (AvgIpc) is 2.84. The molecule has 1 aliphatic rings. The zero-order valence-electron chi connectivity index (χ0n) is 20.0. The van der Waals surface area contributed by atoms with Crippen LogP contribution < -0.4 is 4.74 Å². The van der Waals surface area contributed by atoms with Crippen LogP contribution in [0.1, 0.15) is 43.4 Å². The van der Waals surface area contributed by atoms with E-state index in [-0.39, 0.29) is 17.4 Å². The summed E-state index contributed by atoms with van der Waals surface area (Å²) in [6.07, 6.45) is 2.42. The van der Waals surface area contributed by atoms with Gasteiger partial charge in [0.2, 0.25) is 5.91 Å². The van der Waals surface area contributed by atoms with Crippen LogP contribution in [0.15, 0.2) is 60.7 Å². The lowest BCUT2D eigenvalue weighted by Gasteiger charge is -2.42. The third kappa shape index (κ3) is 4.87. The Labute approximate surface area is 202 Å². The first-order valence-corrected chi connectivity index (χ1v) is 12.0. The van der Waals surface area contributed by atoms with Crippen LogP contribution >= 0.6 is 11.6 Å². The van der Waals surface area contributed by atoms with Gasteiger partial charge in [-0.25, -0.2) is 0 Å². The Morgan fingerprint density at radius 2 is 1.79 bits per heavy atom. The monoisotopic (exact) mass is 464 g/mol. The molecule has 174 valence electrons. The zero-order valence-corrected chi connectivity index (χ0v) is 20.7. The Hall–Kier alpha value is -2.56. The molecule has 1 aliphatic heterocycles. The first-order valence-electron chi connectivity index (χ1n) is 11.6. The van der Waals surface area contributed by atoms with Crippen LogP contribution in [0.5, 0.6) is 5.75 Å². The lowest BCUT2D eigenvalue weighted by molar-refractivity contribution is -0.133. The molecule has 0 aromatic heterocycles. The van der Waals surface area contributed by atoms with E-state index in [1.165, 1.54) is 5.56 Å². The van der Waals surface area contributed by atoms with E-state index in [1.807, 2.05) is 48.3 Å². The standard InChI is InChI=1S/C28H33ClN2O2/c1-20(26-18-23(29)17-21-7-5-6-8-25(21)26)31(3)27(32)19-28(13-15-30(2)16-14-28)22-9-11-24(33-4)12-10-22/h5-12,17-18,20H,13-16,19H2,1-4H3. The lowest BCUT2D eigenvalue weighted by atomic mass is 9.70. The van der Waals surface area contributed by atoms with Crippen LogP contribution in [0, 0.1) is 0 Å². The number of hydrogen-bond acceptors (Lipinski definition) is 3. The molecule has 1 saturated heterocycles. The van der Waals surface area contributed by atoms with Gasteiger partial charge in [-0.1, -0.05) is 48.0 Å².